The lowest BCUT2D eigenvalue weighted by atomic mass is 10.1. The van der Waals surface area contributed by atoms with Crippen molar-refractivity contribution in [3.8, 4) is 0 Å². The molecule has 0 bridgehead atoms. The van der Waals surface area contributed by atoms with Crippen molar-refractivity contribution in [3.05, 3.63) is 0 Å². The highest BCUT2D eigenvalue weighted by atomic mass is 32.2. The van der Waals surface area contributed by atoms with Gasteiger partial charge in [-0.15, -0.1) is 0 Å². The Balaban J connectivity index is 3.07. The number of carbonyl (C=O) groups excluding carboxylic acids is 5. The first-order valence-corrected chi connectivity index (χ1v) is 15.0. The molecule has 17 nitrogen and oxygen atoms in total. The summed E-state index contributed by atoms with van der Waals surface area (Å²) in [7, 11) is 0. The quantitative estimate of drug-likeness (QED) is 0.0593. The standard InChI is InChI=1S/C25H40N6O11S/c1-43-11-9-15(23(39)30-16(25(41)42)4-2-3-10-26)29-24(40)17(12-20(35)36)31-22(38)14(6-8-19(33)34)28-21(37)13-5-7-18(32)27-13/h13-17H,2-12,26H2,1H3,(H,27,32)(H,28,37)(H,29,40)(H,30,39)(H,31,38)(H,33,34)(H,35,36)(H,41,42). The summed E-state index contributed by atoms with van der Waals surface area (Å²) < 4.78 is 0. The maximum absolute atomic E-state index is 13.1. The number of nitrogens with one attached hydrogen (secondary N) is 5. The van der Waals surface area contributed by atoms with E-state index < -0.39 is 91.0 Å². The molecule has 43 heavy (non-hydrogen) atoms. The van der Waals surface area contributed by atoms with Crippen molar-refractivity contribution in [1.29, 1.82) is 0 Å². The minimum absolute atomic E-state index is 0.0476. The van der Waals surface area contributed by atoms with Gasteiger partial charge < -0.3 is 47.6 Å². The molecular weight excluding hydrogens is 592 g/mol. The Morgan fingerprint density at radius 1 is 0.837 bits per heavy atom. The van der Waals surface area contributed by atoms with Crippen molar-refractivity contribution in [2.45, 2.75) is 88.0 Å². The number of carboxylic acids is 3. The molecule has 0 spiro atoms. The normalized spacial score (nSPS) is 17.0. The van der Waals surface area contributed by atoms with Crippen molar-refractivity contribution in [2.75, 3.05) is 18.6 Å². The summed E-state index contributed by atoms with van der Waals surface area (Å²) in [6, 6.07) is -6.73. The number of aliphatic carboxylic acids is 3. The zero-order chi connectivity index (χ0) is 32.5. The molecule has 1 aliphatic rings. The fourth-order valence-corrected chi connectivity index (χ4v) is 4.55. The van der Waals surface area contributed by atoms with Crippen molar-refractivity contribution in [1.82, 2.24) is 26.6 Å². The first-order valence-electron chi connectivity index (χ1n) is 13.6. The summed E-state index contributed by atoms with van der Waals surface area (Å²) in [5.74, 6) is -7.80. The second-order valence-electron chi connectivity index (χ2n) is 9.84. The summed E-state index contributed by atoms with van der Waals surface area (Å²) in [5, 5.41) is 39.6. The Bertz CT molecular complexity index is 1040. The number of thioether (sulfide) groups is 1. The van der Waals surface area contributed by atoms with Crippen LogP contribution < -0.4 is 32.3 Å². The summed E-state index contributed by atoms with van der Waals surface area (Å²) in [5.41, 5.74) is 5.43. The van der Waals surface area contributed by atoms with Gasteiger partial charge in [-0.2, -0.15) is 11.8 Å². The molecule has 0 aromatic carbocycles. The highest BCUT2D eigenvalue weighted by molar-refractivity contribution is 7.98. The number of carbonyl (C=O) groups is 8. The predicted molar refractivity (Wildman–Crippen MR) is 152 cm³/mol. The zero-order valence-corrected chi connectivity index (χ0v) is 24.6. The average molecular weight is 633 g/mol. The molecular formula is C25H40N6O11S. The highest BCUT2D eigenvalue weighted by Gasteiger charge is 2.34. The van der Waals surface area contributed by atoms with Gasteiger partial charge >= 0.3 is 17.9 Å². The van der Waals surface area contributed by atoms with Gasteiger partial charge in [-0.05, 0) is 57.1 Å². The molecule has 1 heterocycles. The van der Waals surface area contributed by atoms with E-state index in [0.29, 0.717) is 25.1 Å². The van der Waals surface area contributed by atoms with Gasteiger partial charge in [0.05, 0.1) is 6.42 Å². The van der Waals surface area contributed by atoms with E-state index in [1.807, 2.05) is 0 Å². The first kappa shape index (κ1) is 37.1. The van der Waals surface area contributed by atoms with Crippen LogP contribution in [0, 0.1) is 0 Å². The van der Waals surface area contributed by atoms with Crippen LogP contribution in [0.25, 0.3) is 0 Å². The van der Waals surface area contributed by atoms with Crippen LogP contribution in [-0.2, 0) is 38.4 Å². The molecule has 1 fully saturated rings. The fraction of sp³-hybridized carbons (Fsp3) is 0.680. The maximum Gasteiger partial charge on any atom is 0.326 e. The lowest BCUT2D eigenvalue weighted by Gasteiger charge is -2.26. The van der Waals surface area contributed by atoms with E-state index in [1.165, 1.54) is 11.8 Å². The molecule has 0 radical (unpaired) electrons. The predicted octanol–water partition coefficient (Wildman–Crippen LogP) is -2.49. The second-order valence-corrected chi connectivity index (χ2v) is 10.8. The van der Waals surface area contributed by atoms with E-state index in [1.54, 1.807) is 6.26 Å². The van der Waals surface area contributed by atoms with Crippen LogP contribution in [0.4, 0.5) is 0 Å². The molecule has 0 aromatic rings. The molecule has 5 atom stereocenters. The summed E-state index contributed by atoms with van der Waals surface area (Å²) in [6.45, 7) is 0.335. The minimum atomic E-state index is -1.75. The Kier molecular flexibility index (Phi) is 16.6. The summed E-state index contributed by atoms with van der Waals surface area (Å²) in [6.07, 6.45) is 1.17. The van der Waals surface area contributed by atoms with E-state index in [0.717, 1.165) is 0 Å². The lowest BCUT2D eigenvalue weighted by Crippen LogP contribution is -2.59. The monoisotopic (exact) mass is 632 g/mol. The molecule has 0 aliphatic carbocycles. The van der Waals surface area contributed by atoms with Gasteiger partial charge in [-0.1, -0.05) is 0 Å². The minimum Gasteiger partial charge on any atom is -0.481 e. The molecule has 0 aromatic heterocycles. The van der Waals surface area contributed by atoms with Crippen LogP contribution >= 0.6 is 11.8 Å². The van der Waals surface area contributed by atoms with Gasteiger partial charge in [0.2, 0.25) is 29.5 Å². The van der Waals surface area contributed by atoms with Crippen LogP contribution in [0.5, 0.6) is 0 Å². The Morgan fingerprint density at radius 3 is 1.93 bits per heavy atom. The highest BCUT2D eigenvalue weighted by Crippen LogP contribution is 2.10. The Hall–Kier alpha value is -3.93. The molecule has 10 N–H and O–H groups in total. The Morgan fingerprint density at radius 2 is 1.42 bits per heavy atom. The van der Waals surface area contributed by atoms with E-state index in [4.69, 9.17) is 10.8 Å². The maximum atomic E-state index is 13.1. The number of hydrogen-bond donors (Lipinski definition) is 9. The average Bonchev–Trinajstić information content (AvgIpc) is 3.37. The van der Waals surface area contributed by atoms with Gasteiger partial charge in [0.25, 0.3) is 0 Å². The number of amides is 5. The third-order valence-electron chi connectivity index (χ3n) is 6.41. The zero-order valence-electron chi connectivity index (χ0n) is 23.8. The van der Waals surface area contributed by atoms with Gasteiger partial charge in [0.15, 0.2) is 0 Å². The third-order valence-corrected chi connectivity index (χ3v) is 7.05. The van der Waals surface area contributed by atoms with Gasteiger partial charge in [0.1, 0.15) is 30.2 Å². The number of hydrogen-bond acceptors (Lipinski definition) is 10. The number of unbranched alkanes of at least 4 members (excludes halogenated alkanes) is 1. The molecule has 1 saturated heterocycles. The lowest BCUT2D eigenvalue weighted by molar-refractivity contribution is -0.143. The molecule has 242 valence electrons. The largest absolute Gasteiger partial charge is 0.481 e. The molecule has 1 aliphatic heterocycles. The number of carboxylic acid groups (broad SMARTS) is 3. The number of rotatable bonds is 21. The molecule has 0 saturated carbocycles. The number of nitrogens with two attached hydrogens (primary N) is 1. The van der Waals surface area contributed by atoms with E-state index in [2.05, 4.69) is 26.6 Å². The molecule has 5 unspecified atom stereocenters. The van der Waals surface area contributed by atoms with Crippen molar-refractivity contribution in [3.63, 3.8) is 0 Å². The summed E-state index contributed by atoms with van der Waals surface area (Å²) in [4.78, 5) is 97.5. The van der Waals surface area contributed by atoms with Gasteiger partial charge in [-0.3, -0.25) is 33.6 Å². The van der Waals surface area contributed by atoms with E-state index in [9.17, 15) is 48.6 Å². The van der Waals surface area contributed by atoms with Crippen molar-refractivity contribution in [2.24, 2.45) is 5.73 Å². The van der Waals surface area contributed by atoms with Crippen LogP contribution in [0.2, 0.25) is 0 Å². The van der Waals surface area contributed by atoms with Crippen LogP contribution in [0.3, 0.4) is 0 Å². The Labute approximate surface area is 251 Å². The smallest absolute Gasteiger partial charge is 0.326 e. The topological polar surface area (TPSA) is 283 Å². The van der Waals surface area contributed by atoms with Gasteiger partial charge in [-0.25, -0.2) is 4.79 Å². The second kappa shape index (κ2) is 19.3. The fourth-order valence-electron chi connectivity index (χ4n) is 4.08. The van der Waals surface area contributed by atoms with Crippen molar-refractivity contribution < 1.29 is 53.7 Å². The molecule has 5 amide bonds. The SMILES string of the molecule is CSCCC(NC(=O)C(CC(=O)O)NC(=O)C(CCC(=O)O)NC(=O)C1CCC(=O)N1)C(=O)NC(CCCCN)C(=O)O. The van der Waals surface area contributed by atoms with Crippen LogP contribution in [-0.4, -0.2) is 112 Å². The van der Waals surface area contributed by atoms with Gasteiger partial charge in [0, 0.05) is 12.8 Å². The third kappa shape index (κ3) is 14.2. The van der Waals surface area contributed by atoms with Crippen molar-refractivity contribution >= 4 is 59.2 Å². The van der Waals surface area contributed by atoms with E-state index in [-0.39, 0.29) is 31.6 Å². The van der Waals surface area contributed by atoms with Crippen LogP contribution in [0.1, 0.15) is 57.8 Å². The van der Waals surface area contributed by atoms with E-state index >= 15 is 0 Å². The molecule has 18 heteroatoms. The summed E-state index contributed by atoms with van der Waals surface area (Å²) >= 11 is 1.33. The molecule has 1 rings (SSSR count). The van der Waals surface area contributed by atoms with Crippen LogP contribution in [0.15, 0.2) is 0 Å². The first-order chi connectivity index (χ1) is 20.3.